The first-order valence-corrected chi connectivity index (χ1v) is 18.7. The van der Waals surface area contributed by atoms with Gasteiger partial charge in [0.2, 0.25) is 0 Å². The third-order valence-electron chi connectivity index (χ3n) is 6.44. The molecule has 1 heterocycles. The van der Waals surface area contributed by atoms with E-state index in [0.717, 1.165) is 30.4 Å². The van der Waals surface area contributed by atoms with Crippen LogP contribution in [-0.4, -0.2) is 4.98 Å². The molecule has 0 spiro atoms. The molecule has 0 bridgehead atoms. The molecule has 1 nitrogen and oxygen atoms in total. The van der Waals surface area contributed by atoms with Gasteiger partial charge in [-0.3, -0.25) is 0 Å². The Morgan fingerprint density at radius 3 is 1.89 bits per heavy atom. The van der Waals surface area contributed by atoms with Crippen molar-refractivity contribution in [2.75, 3.05) is 0 Å². The molecule has 5 rings (SSSR count). The Kier molecular flexibility index (Phi) is 8.30. The Morgan fingerprint density at radius 2 is 1.35 bits per heavy atom. The molecule has 5 aromatic rings. The molecule has 0 N–H and O–H groups in total. The second kappa shape index (κ2) is 12.0. The van der Waals surface area contributed by atoms with Gasteiger partial charge in [0, 0.05) is 0 Å². The fourth-order valence-corrected chi connectivity index (χ4v) is 15.8. The molecule has 0 aliphatic carbocycles. The van der Waals surface area contributed by atoms with Gasteiger partial charge in [-0.1, -0.05) is 0 Å². The van der Waals surface area contributed by atoms with Crippen LogP contribution in [0.25, 0.3) is 10.9 Å². The molecule has 0 aliphatic heterocycles. The van der Waals surface area contributed by atoms with E-state index >= 15 is 0 Å². The normalized spacial score (nSPS) is 11.7. The first kappa shape index (κ1) is 25.6. The Hall–Kier alpha value is -3.05. The molecule has 0 amide bonds. The number of nitrogens with zero attached hydrogens (tertiary/aromatic N) is 1. The Balaban J connectivity index is 1.62. The van der Waals surface area contributed by atoms with Crippen molar-refractivity contribution in [3.8, 4) is 10.1 Å². The summed E-state index contributed by atoms with van der Waals surface area (Å²) >= 11 is -0.459. The van der Waals surface area contributed by atoms with E-state index in [2.05, 4.69) is 113 Å². The molecule has 0 radical (unpaired) electrons. The zero-order valence-electron chi connectivity index (χ0n) is 20.7. The van der Waals surface area contributed by atoms with Crippen molar-refractivity contribution in [2.24, 2.45) is 0 Å². The molecular formula is C33H29AuFNP. The molecule has 0 atom stereocenters. The van der Waals surface area contributed by atoms with Crippen LogP contribution in [0.3, 0.4) is 0 Å². The SMILES string of the molecule is CCCCc1cnc2c(C#[C][Au][PH](c3ccccc3)(c3ccccc3)c3ccccc3)ccc(F)c2c1. The molecule has 4 heteroatoms. The van der Waals surface area contributed by atoms with E-state index in [1.54, 1.807) is 6.07 Å². The summed E-state index contributed by atoms with van der Waals surface area (Å²) < 4.78 is 18.4. The van der Waals surface area contributed by atoms with Crippen molar-refractivity contribution >= 4 is 32.0 Å². The summed E-state index contributed by atoms with van der Waals surface area (Å²) in [6, 6.07) is 37.8. The minimum atomic E-state index is -2.35. The Morgan fingerprint density at radius 1 is 0.784 bits per heavy atom. The van der Waals surface area contributed by atoms with Gasteiger partial charge in [0.1, 0.15) is 0 Å². The van der Waals surface area contributed by atoms with E-state index in [9.17, 15) is 4.39 Å². The number of benzene rings is 4. The molecule has 37 heavy (non-hydrogen) atoms. The van der Waals surface area contributed by atoms with Gasteiger partial charge < -0.3 is 0 Å². The molecule has 0 saturated carbocycles. The van der Waals surface area contributed by atoms with Crippen LogP contribution in [0, 0.1) is 15.9 Å². The molecule has 4 aromatic carbocycles. The fraction of sp³-hybridized carbons (Fsp3) is 0.121. The first-order valence-electron chi connectivity index (χ1n) is 12.5. The van der Waals surface area contributed by atoms with Crippen molar-refractivity contribution in [1.29, 1.82) is 0 Å². The average molecular weight is 687 g/mol. The molecule has 0 aliphatic rings. The molecular weight excluding hydrogens is 657 g/mol. The minimum absolute atomic E-state index is 0.235. The summed E-state index contributed by atoms with van der Waals surface area (Å²) in [6.07, 6.45) is 4.97. The Bertz CT molecular complexity index is 1450. The molecule has 0 saturated heterocycles. The van der Waals surface area contributed by atoms with Gasteiger partial charge in [0.25, 0.3) is 0 Å². The van der Waals surface area contributed by atoms with Gasteiger partial charge in [0.15, 0.2) is 0 Å². The molecule has 0 fully saturated rings. The number of hydrogen-bond acceptors (Lipinski definition) is 1. The predicted octanol–water partition coefficient (Wildman–Crippen LogP) is 6.75. The van der Waals surface area contributed by atoms with Crippen LogP contribution in [0.15, 0.2) is 115 Å². The number of pyridine rings is 1. The zero-order valence-corrected chi connectivity index (χ0v) is 23.9. The fourth-order valence-electron chi connectivity index (χ4n) is 4.56. The van der Waals surface area contributed by atoms with Crippen LogP contribution in [0.1, 0.15) is 30.9 Å². The van der Waals surface area contributed by atoms with E-state index in [1.807, 2.05) is 12.3 Å². The standard InChI is InChI=1S/C18H15P.C15H13FN.Au/c1-4-10-16(11-5-1)19(17-12-6-2-7-13-17)18-14-8-3-9-15-18;1-3-5-6-11-9-13-14(16)8-7-12(4-2)15(13)17-10-11;/h1-15H;7-10H,3,5-6H2,1H3;/q;;-1/p+1. The number of fused-ring (bicyclic) bond motifs is 1. The van der Waals surface area contributed by atoms with E-state index in [-0.39, 0.29) is 5.82 Å². The van der Waals surface area contributed by atoms with Crippen molar-refractivity contribution in [3.63, 3.8) is 0 Å². The number of halogens is 1. The van der Waals surface area contributed by atoms with Crippen molar-refractivity contribution < 1.29 is 23.6 Å². The topological polar surface area (TPSA) is 12.9 Å². The summed E-state index contributed by atoms with van der Waals surface area (Å²) in [5.41, 5.74) is 2.53. The maximum atomic E-state index is 14.8. The number of rotatable bonds is 7. The first-order chi connectivity index (χ1) is 18.2. The van der Waals surface area contributed by atoms with E-state index < -0.39 is 24.4 Å². The zero-order chi connectivity index (χ0) is 25.5. The van der Waals surface area contributed by atoms with Crippen LogP contribution < -0.4 is 15.9 Å². The molecule has 189 valence electrons. The van der Waals surface area contributed by atoms with Gasteiger partial charge in [-0.25, -0.2) is 0 Å². The number of hydrogen-bond donors (Lipinski definition) is 0. The van der Waals surface area contributed by atoms with Gasteiger partial charge >= 0.3 is 229 Å². The van der Waals surface area contributed by atoms with E-state index in [1.165, 1.54) is 22.0 Å². The predicted molar refractivity (Wildman–Crippen MR) is 154 cm³/mol. The summed E-state index contributed by atoms with van der Waals surface area (Å²) in [7, 11) is 0. The van der Waals surface area contributed by atoms with Gasteiger partial charge in [-0.05, 0) is 0 Å². The summed E-state index contributed by atoms with van der Waals surface area (Å²) in [4.78, 5) is 4.66. The van der Waals surface area contributed by atoms with Crippen LogP contribution in [0.2, 0.25) is 0 Å². The van der Waals surface area contributed by atoms with Crippen molar-refractivity contribution in [3.05, 3.63) is 132 Å². The summed E-state index contributed by atoms with van der Waals surface area (Å²) in [5.74, 6) is 3.21. The molecule has 1 aromatic heterocycles. The van der Waals surface area contributed by atoms with Crippen molar-refractivity contribution in [1.82, 2.24) is 4.98 Å². The van der Waals surface area contributed by atoms with Gasteiger partial charge in [-0.15, -0.1) is 0 Å². The quantitative estimate of drug-likeness (QED) is 0.105. The summed E-state index contributed by atoms with van der Waals surface area (Å²) in [5, 5.41) is 2.31. The second-order valence-electron chi connectivity index (χ2n) is 8.91. The third kappa shape index (κ3) is 5.47. The number of unbranched alkanes of at least 4 members (excludes halogenated alkanes) is 1. The van der Waals surface area contributed by atoms with Crippen molar-refractivity contribution in [2.45, 2.75) is 26.2 Å². The average Bonchev–Trinajstić information content (AvgIpc) is 2.97. The Labute approximate surface area is 228 Å². The van der Waals surface area contributed by atoms with Crippen LogP contribution in [-0.2, 0) is 25.6 Å². The monoisotopic (exact) mass is 686 g/mol. The summed E-state index contributed by atoms with van der Waals surface area (Å²) in [6.45, 7) is 2.16. The van der Waals surface area contributed by atoms with Crippen LogP contribution >= 0.6 is 5.15 Å². The van der Waals surface area contributed by atoms with E-state index in [0.29, 0.717) is 10.9 Å². The van der Waals surface area contributed by atoms with Crippen LogP contribution in [0.4, 0.5) is 4.39 Å². The maximum absolute atomic E-state index is 14.8. The third-order valence-corrected chi connectivity index (χ3v) is 19.1. The van der Waals surface area contributed by atoms with E-state index in [4.69, 9.17) is 0 Å². The number of aromatic nitrogens is 1. The second-order valence-corrected chi connectivity index (χ2v) is 19.0. The van der Waals surface area contributed by atoms with Crippen LogP contribution in [0.5, 0.6) is 0 Å². The number of aryl methyl sites for hydroxylation is 1. The molecule has 0 unspecified atom stereocenters. The van der Waals surface area contributed by atoms with Gasteiger partial charge in [-0.2, -0.15) is 0 Å². The van der Waals surface area contributed by atoms with Gasteiger partial charge in [0.05, 0.1) is 0 Å².